The molecule has 0 unspecified atom stereocenters. The number of carbonyl (C=O) groups excluding carboxylic acids is 1. The van der Waals surface area contributed by atoms with Crippen LogP contribution in [0.1, 0.15) is 19.8 Å². The normalized spacial score (nSPS) is 17.2. The Hall–Kier alpha value is -0.960. The van der Waals surface area contributed by atoms with E-state index in [-0.39, 0.29) is 29.9 Å². The average molecular weight is 418 g/mol. The van der Waals surface area contributed by atoms with Crippen molar-refractivity contribution in [1.82, 2.24) is 14.5 Å². The van der Waals surface area contributed by atoms with E-state index in [1.54, 1.807) is 19.1 Å². The Balaban J connectivity index is 2.00. The predicted molar refractivity (Wildman–Crippen MR) is 97.2 cm³/mol. The molecule has 1 aliphatic heterocycles. The van der Waals surface area contributed by atoms with E-state index in [9.17, 15) is 13.2 Å². The number of nitrogens with zero attached hydrogens (tertiary/aromatic N) is 2. The van der Waals surface area contributed by atoms with Crippen molar-refractivity contribution in [1.29, 1.82) is 0 Å². The molecule has 1 N–H and O–H groups in total. The third-order valence-corrected chi connectivity index (χ3v) is 6.67. The van der Waals surface area contributed by atoms with Gasteiger partial charge in [0.05, 0.1) is 11.4 Å². The van der Waals surface area contributed by atoms with E-state index in [1.807, 2.05) is 0 Å². The number of likely N-dealkylation sites (N-methyl/N-ethyl adjacent to an activating group) is 1. The summed E-state index contributed by atoms with van der Waals surface area (Å²) < 4.78 is 27.4. The van der Waals surface area contributed by atoms with Crippen LogP contribution in [0.5, 0.6) is 0 Å². The maximum atomic E-state index is 12.7. The highest BCUT2D eigenvalue weighted by molar-refractivity contribution is 9.10. The minimum absolute atomic E-state index is 0.128. The zero-order valence-corrected chi connectivity index (χ0v) is 16.4. The standard InChI is InChI=1S/C16H24BrN3O3S/c1-3-20(24(22,23)15-6-4-13(17)5-7-15)12-16(21)18-14-8-10-19(2)11-9-14/h4-7,14H,3,8-12H2,1-2H3,(H,18,21). The van der Waals surface area contributed by atoms with Crippen LogP contribution < -0.4 is 5.32 Å². The smallest absolute Gasteiger partial charge is 0.243 e. The van der Waals surface area contributed by atoms with Gasteiger partial charge in [-0.15, -0.1) is 0 Å². The van der Waals surface area contributed by atoms with Crippen molar-refractivity contribution >= 4 is 31.9 Å². The molecule has 2 rings (SSSR count). The van der Waals surface area contributed by atoms with Gasteiger partial charge >= 0.3 is 0 Å². The van der Waals surface area contributed by atoms with Crippen LogP contribution in [-0.4, -0.2) is 62.8 Å². The lowest BCUT2D eigenvalue weighted by atomic mass is 10.1. The Morgan fingerprint density at radius 3 is 2.42 bits per heavy atom. The van der Waals surface area contributed by atoms with Crippen LogP contribution in [0.15, 0.2) is 33.6 Å². The zero-order valence-electron chi connectivity index (χ0n) is 14.0. The summed E-state index contributed by atoms with van der Waals surface area (Å²) in [5.41, 5.74) is 0. The molecular formula is C16H24BrN3O3S. The maximum Gasteiger partial charge on any atom is 0.243 e. The number of benzene rings is 1. The van der Waals surface area contributed by atoms with Gasteiger partial charge < -0.3 is 10.2 Å². The van der Waals surface area contributed by atoms with E-state index < -0.39 is 10.0 Å². The van der Waals surface area contributed by atoms with Crippen molar-refractivity contribution < 1.29 is 13.2 Å². The number of piperidine rings is 1. The number of sulfonamides is 1. The molecule has 0 aromatic heterocycles. The second-order valence-electron chi connectivity index (χ2n) is 6.03. The van der Waals surface area contributed by atoms with E-state index in [4.69, 9.17) is 0 Å². The molecular weight excluding hydrogens is 394 g/mol. The van der Waals surface area contributed by atoms with Gasteiger partial charge in [0.25, 0.3) is 0 Å². The predicted octanol–water partition coefficient (Wildman–Crippen LogP) is 1.67. The van der Waals surface area contributed by atoms with Crippen LogP contribution in [-0.2, 0) is 14.8 Å². The van der Waals surface area contributed by atoms with Gasteiger partial charge in [0.15, 0.2) is 0 Å². The van der Waals surface area contributed by atoms with Crippen LogP contribution in [0, 0.1) is 0 Å². The Bertz CT molecular complexity index is 656. The number of rotatable bonds is 6. The lowest BCUT2D eigenvalue weighted by molar-refractivity contribution is -0.122. The van der Waals surface area contributed by atoms with Crippen molar-refractivity contribution in [3.05, 3.63) is 28.7 Å². The number of hydrogen-bond donors (Lipinski definition) is 1. The van der Waals surface area contributed by atoms with Gasteiger partial charge in [-0.05, 0) is 57.2 Å². The van der Waals surface area contributed by atoms with Gasteiger partial charge in [0.2, 0.25) is 15.9 Å². The molecule has 1 aromatic rings. The largest absolute Gasteiger partial charge is 0.352 e. The molecule has 0 saturated carbocycles. The highest BCUT2D eigenvalue weighted by atomic mass is 79.9. The van der Waals surface area contributed by atoms with Crippen LogP contribution in [0.25, 0.3) is 0 Å². The molecule has 1 amide bonds. The van der Waals surface area contributed by atoms with E-state index >= 15 is 0 Å². The second-order valence-corrected chi connectivity index (χ2v) is 8.88. The van der Waals surface area contributed by atoms with E-state index in [0.717, 1.165) is 30.4 Å². The molecule has 1 aliphatic rings. The van der Waals surface area contributed by atoms with Crippen molar-refractivity contribution in [2.75, 3.05) is 33.2 Å². The maximum absolute atomic E-state index is 12.7. The summed E-state index contributed by atoms with van der Waals surface area (Å²) in [5, 5.41) is 2.96. The van der Waals surface area contributed by atoms with E-state index in [0.29, 0.717) is 0 Å². The minimum Gasteiger partial charge on any atom is -0.352 e. The average Bonchev–Trinajstić information content (AvgIpc) is 2.55. The topological polar surface area (TPSA) is 69.7 Å². The van der Waals surface area contributed by atoms with Crippen LogP contribution >= 0.6 is 15.9 Å². The number of nitrogens with one attached hydrogen (secondary N) is 1. The monoisotopic (exact) mass is 417 g/mol. The first-order valence-electron chi connectivity index (χ1n) is 8.06. The first-order valence-corrected chi connectivity index (χ1v) is 10.3. The second kappa shape index (κ2) is 8.42. The summed E-state index contributed by atoms with van der Waals surface area (Å²) in [5.74, 6) is -0.243. The van der Waals surface area contributed by atoms with Gasteiger partial charge in [-0.3, -0.25) is 4.79 Å². The lowest BCUT2D eigenvalue weighted by Gasteiger charge is -2.30. The molecule has 0 aliphatic carbocycles. The quantitative estimate of drug-likeness (QED) is 0.763. The molecule has 1 heterocycles. The molecule has 0 bridgehead atoms. The minimum atomic E-state index is -3.67. The summed E-state index contributed by atoms with van der Waals surface area (Å²) in [7, 11) is -1.61. The molecule has 1 aromatic carbocycles. The fourth-order valence-electron chi connectivity index (χ4n) is 2.71. The zero-order chi connectivity index (χ0) is 17.7. The Morgan fingerprint density at radius 2 is 1.88 bits per heavy atom. The Morgan fingerprint density at radius 1 is 1.29 bits per heavy atom. The molecule has 134 valence electrons. The Kier molecular flexibility index (Phi) is 6.79. The van der Waals surface area contributed by atoms with Crippen molar-refractivity contribution in [3.63, 3.8) is 0 Å². The fraction of sp³-hybridized carbons (Fsp3) is 0.562. The molecule has 1 fully saturated rings. The first kappa shape index (κ1) is 19.4. The summed E-state index contributed by atoms with van der Waals surface area (Å²) >= 11 is 3.29. The number of hydrogen-bond acceptors (Lipinski definition) is 4. The summed E-state index contributed by atoms with van der Waals surface area (Å²) in [6.45, 7) is 3.72. The molecule has 1 saturated heterocycles. The first-order chi connectivity index (χ1) is 11.3. The van der Waals surface area contributed by atoms with Crippen LogP contribution in [0.3, 0.4) is 0 Å². The fourth-order valence-corrected chi connectivity index (χ4v) is 4.38. The summed E-state index contributed by atoms with van der Waals surface area (Å²) in [6.07, 6.45) is 1.79. The van der Waals surface area contributed by atoms with Gasteiger partial charge in [0, 0.05) is 17.1 Å². The molecule has 24 heavy (non-hydrogen) atoms. The molecule has 0 atom stereocenters. The van der Waals surface area contributed by atoms with Crippen molar-refractivity contribution in [2.24, 2.45) is 0 Å². The molecule has 6 nitrogen and oxygen atoms in total. The molecule has 0 radical (unpaired) electrons. The highest BCUT2D eigenvalue weighted by Crippen LogP contribution is 2.18. The number of likely N-dealkylation sites (tertiary alicyclic amines) is 1. The van der Waals surface area contributed by atoms with E-state index in [2.05, 4.69) is 33.2 Å². The number of halogens is 1. The SMILES string of the molecule is CCN(CC(=O)NC1CCN(C)CC1)S(=O)(=O)c1ccc(Br)cc1. The number of carbonyl (C=O) groups is 1. The van der Waals surface area contributed by atoms with Crippen LogP contribution in [0.4, 0.5) is 0 Å². The summed E-state index contributed by atoms with van der Waals surface area (Å²) in [4.78, 5) is 14.7. The van der Waals surface area contributed by atoms with Gasteiger partial charge in [-0.2, -0.15) is 4.31 Å². The number of amides is 1. The van der Waals surface area contributed by atoms with Crippen molar-refractivity contribution in [2.45, 2.75) is 30.7 Å². The molecule has 0 spiro atoms. The van der Waals surface area contributed by atoms with Gasteiger partial charge in [0.1, 0.15) is 0 Å². The molecule has 8 heteroatoms. The third kappa shape index (κ3) is 5.02. The lowest BCUT2D eigenvalue weighted by Crippen LogP contribution is -2.47. The van der Waals surface area contributed by atoms with Gasteiger partial charge in [-0.25, -0.2) is 8.42 Å². The third-order valence-electron chi connectivity index (χ3n) is 4.21. The van der Waals surface area contributed by atoms with Crippen LogP contribution in [0.2, 0.25) is 0 Å². The summed E-state index contributed by atoms with van der Waals surface area (Å²) in [6, 6.07) is 6.56. The van der Waals surface area contributed by atoms with Gasteiger partial charge in [-0.1, -0.05) is 22.9 Å². The highest BCUT2D eigenvalue weighted by Gasteiger charge is 2.26. The van der Waals surface area contributed by atoms with Crippen molar-refractivity contribution in [3.8, 4) is 0 Å². The Labute approximate surface area is 152 Å². The van der Waals surface area contributed by atoms with E-state index in [1.165, 1.54) is 16.4 Å².